The van der Waals surface area contributed by atoms with Crippen LogP contribution < -0.4 is 15.1 Å². The molecule has 1 saturated heterocycles. The average Bonchev–Trinajstić information content (AvgIpc) is 3.53. The normalized spacial score (nSPS) is 17.1. The van der Waals surface area contributed by atoms with Crippen molar-refractivity contribution in [2.24, 2.45) is 0 Å². The van der Waals surface area contributed by atoms with Gasteiger partial charge in [-0.05, 0) is 72.9 Å². The maximum Gasteiger partial charge on any atom is 0.337 e. The van der Waals surface area contributed by atoms with Crippen LogP contribution in [0.15, 0.2) is 89.5 Å². The molecular weight excluding hydrogens is 472 g/mol. The van der Waals surface area contributed by atoms with Crippen LogP contribution in [0.4, 0.5) is 11.4 Å². The predicted octanol–water partition coefficient (Wildman–Crippen LogP) is 5.37. The number of carbonyl (C=O) groups is 1. The summed E-state index contributed by atoms with van der Waals surface area (Å²) >= 11 is 5.80. The van der Waals surface area contributed by atoms with Crippen molar-refractivity contribution in [1.82, 2.24) is 10.3 Å². The zero-order valence-electron chi connectivity index (χ0n) is 20.2. The van der Waals surface area contributed by atoms with E-state index in [1.54, 1.807) is 18.3 Å². The average molecular weight is 499 g/mol. The van der Waals surface area contributed by atoms with Crippen LogP contribution in [-0.4, -0.2) is 37.3 Å². The predicted molar refractivity (Wildman–Crippen MR) is 144 cm³/mol. The van der Waals surface area contributed by atoms with Crippen molar-refractivity contribution in [3.8, 4) is 11.3 Å². The van der Waals surface area contributed by atoms with E-state index in [1.807, 2.05) is 56.6 Å². The van der Waals surface area contributed by atoms with Gasteiger partial charge in [0.15, 0.2) is 5.11 Å². The first kappa shape index (κ1) is 23.6. The van der Waals surface area contributed by atoms with Crippen LogP contribution in [0.1, 0.15) is 33.9 Å². The number of hydrogen-bond acceptors (Lipinski definition) is 6. The summed E-state index contributed by atoms with van der Waals surface area (Å²) in [7, 11) is 5.39. The number of carbonyl (C=O) groups excluding carboxylic acids is 1. The second kappa shape index (κ2) is 9.83. The third-order valence-corrected chi connectivity index (χ3v) is 6.57. The Morgan fingerprint density at radius 3 is 2.42 bits per heavy atom. The molecule has 2 aromatic heterocycles. The van der Waals surface area contributed by atoms with E-state index in [0.717, 1.165) is 28.4 Å². The molecule has 0 amide bonds. The van der Waals surface area contributed by atoms with Crippen LogP contribution in [0.5, 0.6) is 0 Å². The van der Waals surface area contributed by atoms with E-state index in [2.05, 4.69) is 44.4 Å². The van der Waals surface area contributed by atoms with Gasteiger partial charge in [0.2, 0.25) is 0 Å². The van der Waals surface area contributed by atoms with Crippen LogP contribution in [0, 0.1) is 0 Å². The zero-order chi connectivity index (χ0) is 25.2. The summed E-state index contributed by atoms with van der Waals surface area (Å²) in [4.78, 5) is 20.5. The lowest BCUT2D eigenvalue weighted by molar-refractivity contribution is 0.0600. The minimum atomic E-state index is -0.374. The molecule has 2 unspecified atom stereocenters. The number of aromatic nitrogens is 1. The largest absolute Gasteiger partial charge is 0.465 e. The molecule has 0 bridgehead atoms. The first-order chi connectivity index (χ1) is 17.5. The van der Waals surface area contributed by atoms with Gasteiger partial charge in [-0.3, -0.25) is 4.98 Å². The molecular formula is C28H26N4O3S. The molecule has 3 heterocycles. The van der Waals surface area contributed by atoms with Gasteiger partial charge < -0.3 is 24.3 Å². The quantitative estimate of drug-likeness (QED) is 0.281. The first-order valence-electron chi connectivity index (χ1n) is 11.5. The molecule has 1 aliphatic heterocycles. The van der Waals surface area contributed by atoms with Crippen LogP contribution in [-0.2, 0) is 4.74 Å². The smallest absolute Gasteiger partial charge is 0.337 e. The molecule has 1 aliphatic rings. The van der Waals surface area contributed by atoms with Gasteiger partial charge >= 0.3 is 5.97 Å². The Labute approximate surface area is 215 Å². The second-order valence-corrected chi connectivity index (χ2v) is 9.07. The third-order valence-electron chi connectivity index (χ3n) is 6.25. The van der Waals surface area contributed by atoms with Crippen LogP contribution >= 0.6 is 12.2 Å². The van der Waals surface area contributed by atoms with Crippen LogP contribution in [0.3, 0.4) is 0 Å². The van der Waals surface area contributed by atoms with E-state index in [9.17, 15) is 4.79 Å². The molecule has 2 aromatic carbocycles. The highest BCUT2D eigenvalue weighted by Gasteiger charge is 2.42. The number of pyridine rings is 1. The Hall–Kier alpha value is -4.17. The van der Waals surface area contributed by atoms with Crippen molar-refractivity contribution in [2.45, 2.75) is 12.1 Å². The van der Waals surface area contributed by atoms with Crippen molar-refractivity contribution in [1.29, 1.82) is 0 Å². The number of anilines is 2. The lowest BCUT2D eigenvalue weighted by atomic mass is 10.0. The van der Waals surface area contributed by atoms with Crippen molar-refractivity contribution < 1.29 is 13.9 Å². The number of rotatable bonds is 6. The maximum absolute atomic E-state index is 11.8. The standard InChI is InChI=1S/C28H26N4O3S/c1-31(2)20-11-13-21(14-12-20)32-26(25(30-28(32)36)22-6-4-5-17-29-22)24-16-15-23(35-24)18-7-9-19(10-8-18)27(33)34-3/h4-17,25-26H,1-3H3,(H,30,36). The highest BCUT2D eigenvalue weighted by molar-refractivity contribution is 7.80. The van der Waals surface area contributed by atoms with Gasteiger partial charge in [-0.1, -0.05) is 18.2 Å². The third kappa shape index (κ3) is 4.43. The topological polar surface area (TPSA) is 70.8 Å². The van der Waals surface area contributed by atoms with Crippen LogP contribution in [0.2, 0.25) is 0 Å². The highest BCUT2D eigenvalue weighted by Crippen LogP contribution is 2.43. The molecule has 0 spiro atoms. The summed E-state index contributed by atoms with van der Waals surface area (Å²) in [6, 6.07) is 24.7. The molecule has 2 atom stereocenters. The number of esters is 1. The minimum Gasteiger partial charge on any atom is -0.465 e. The fraction of sp³-hybridized carbons (Fsp3) is 0.179. The number of thiocarbonyl (C=S) groups is 1. The number of nitrogens with zero attached hydrogens (tertiary/aromatic N) is 3. The van der Waals surface area contributed by atoms with Gasteiger partial charge in [-0.15, -0.1) is 0 Å². The monoisotopic (exact) mass is 498 g/mol. The fourth-order valence-corrected chi connectivity index (χ4v) is 4.73. The molecule has 1 N–H and O–H groups in total. The van der Waals surface area contributed by atoms with Gasteiger partial charge in [0.05, 0.1) is 24.4 Å². The summed E-state index contributed by atoms with van der Waals surface area (Å²) in [6.45, 7) is 0. The molecule has 1 fully saturated rings. The number of ether oxygens (including phenoxy) is 1. The Balaban J connectivity index is 1.53. The van der Waals surface area contributed by atoms with E-state index in [1.165, 1.54) is 7.11 Å². The number of furan rings is 1. The number of nitrogens with one attached hydrogen (secondary N) is 1. The second-order valence-electron chi connectivity index (χ2n) is 8.68. The van der Waals surface area contributed by atoms with E-state index >= 15 is 0 Å². The van der Waals surface area contributed by atoms with E-state index < -0.39 is 0 Å². The van der Waals surface area contributed by atoms with Crippen molar-refractivity contribution in [2.75, 3.05) is 31.0 Å². The Kier molecular flexibility index (Phi) is 6.43. The molecule has 182 valence electrons. The first-order valence-corrected chi connectivity index (χ1v) is 11.9. The maximum atomic E-state index is 11.8. The Morgan fingerprint density at radius 2 is 1.78 bits per heavy atom. The molecule has 36 heavy (non-hydrogen) atoms. The number of methoxy groups -OCH3 is 1. The van der Waals surface area contributed by atoms with E-state index in [-0.39, 0.29) is 18.1 Å². The number of hydrogen-bond donors (Lipinski definition) is 1. The lowest BCUT2D eigenvalue weighted by Gasteiger charge is -2.26. The molecule has 7 nitrogen and oxygen atoms in total. The molecule has 0 saturated carbocycles. The SMILES string of the molecule is COC(=O)c1ccc(-c2ccc(C3C(c4ccccn4)NC(=S)N3c3ccc(N(C)C)cc3)o2)cc1. The summed E-state index contributed by atoms with van der Waals surface area (Å²) in [5.41, 5.74) is 4.28. The fourth-order valence-electron chi connectivity index (χ4n) is 4.39. The van der Waals surface area contributed by atoms with Crippen LogP contribution in [0.25, 0.3) is 11.3 Å². The van der Waals surface area contributed by atoms with E-state index in [0.29, 0.717) is 16.4 Å². The minimum absolute atomic E-state index is 0.201. The highest BCUT2D eigenvalue weighted by atomic mass is 32.1. The van der Waals surface area contributed by atoms with Gasteiger partial charge in [0, 0.05) is 37.2 Å². The molecule has 4 aromatic rings. The lowest BCUT2D eigenvalue weighted by Crippen LogP contribution is -2.29. The van der Waals surface area contributed by atoms with Gasteiger partial charge in [-0.25, -0.2) is 4.79 Å². The summed E-state index contributed by atoms with van der Waals surface area (Å²) in [5, 5.41) is 4.06. The van der Waals surface area contributed by atoms with Gasteiger partial charge in [-0.2, -0.15) is 0 Å². The summed E-state index contributed by atoms with van der Waals surface area (Å²) < 4.78 is 11.2. The zero-order valence-corrected chi connectivity index (χ0v) is 21.0. The molecule has 0 aliphatic carbocycles. The van der Waals surface area contributed by atoms with Crippen molar-refractivity contribution in [3.63, 3.8) is 0 Å². The van der Waals surface area contributed by atoms with Crippen molar-refractivity contribution >= 4 is 34.7 Å². The molecule has 8 heteroatoms. The van der Waals surface area contributed by atoms with Crippen molar-refractivity contribution in [3.05, 3.63) is 102 Å². The summed E-state index contributed by atoms with van der Waals surface area (Å²) in [6.07, 6.45) is 1.78. The van der Waals surface area contributed by atoms with Gasteiger partial charge in [0.25, 0.3) is 0 Å². The van der Waals surface area contributed by atoms with Gasteiger partial charge in [0.1, 0.15) is 17.6 Å². The summed E-state index contributed by atoms with van der Waals surface area (Å²) in [5.74, 6) is 1.07. The van der Waals surface area contributed by atoms with E-state index in [4.69, 9.17) is 21.4 Å². The Bertz CT molecular complexity index is 1370. The Morgan fingerprint density at radius 1 is 1.03 bits per heavy atom. The number of benzene rings is 2. The molecule has 0 radical (unpaired) electrons. The molecule has 5 rings (SSSR count).